The number of ether oxygens (including phenoxy) is 3. The van der Waals surface area contributed by atoms with E-state index in [9.17, 15) is 5.11 Å². The van der Waals surface area contributed by atoms with Crippen LogP contribution >= 0.6 is 0 Å². The highest BCUT2D eigenvalue weighted by atomic mass is 16.7. The fourth-order valence-electron chi connectivity index (χ4n) is 2.77. The second-order valence-electron chi connectivity index (χ2n) is 6.63. The Morgan fingerprint density at radius 1 is 1.14 bits per heavy atom. The van der Waals surface area contributed by atoms with Crippen LogP contribution in [0.15, 0.2) is 53.5 Å². The third kappa shape index (κ3) is 5.29. The van der Waals surface area contributed by atoms with Gasteiger partial charge in [0, 0.05) is 12.6 Å². The summed E-state index contributed by atoms with van der Waals surface area (Å²) in [6.07, 6.45) is 0. The van der Waals surface area contributed by atoms with Crippen LogP contribution in [-0.2, 0) is 5.60 Å². The summed E-state index contributed by atoms with van der Waals surface area (Å²) in [6, 6.07) is 15.0. The molecule has 1 aliphatic heterocycles. The monoisotopic (exact) mass is 385 g/mol. The van der Waals surface area contributed by atoms with Crippen molar-refractivity contribution in [1.82, 2.24) is 10.6 Å². The number of benzene rings is 2. The number of nitrogens with zero attached hydrogens (tertiary/aromatic N) is 1. The minimum absolute atomic E-state index is 0.245. The molecule has 0 aliphatic carbocycles. The molecule has 2 aromatic rings. The number of guanidine groups is 1. The number of aliphatic hydroxyl groups is 1. The first-order chi connectivity index (χ1) is 13.6. The van der Waals surface area contributed by atoms with Crippen LogP contribution in [0.25, 0.3) is 0 Å². The van der Waals surface area contributed by atoms with Crippen molar-refractivity contribution in [1.29, 1.82) is 0 Å². The zero-order chi connectivity index (χ0) is 19.8. The molecular weight excluding hydrogens is 358 g/mol. The molecule has 0 amide bonds. The minimum atomic E-state index is -1.04. The minimum Gasteiger partial charge on any atom is -0.492 e. The highest BCUT2D eigenvalue weighted by Crippen LogP contribution is 2.34. The Kier molecular flexibility index (Phi) is 6.60. The SMILES string of the molecule is CCNC(=NCC(C)(O)c1ccccc1)NCCOc1ccc2c(c1)OCO2. The fourth-order valence-corrected chi connectivity index (χ4v) is 2.77. The molecule has 1 unspecified atom stereocenters. The Balaban J connectivity index is 1.49. The van der Waals surface area contributed by atoms with Gasteiger partial charge in [-0.25, -0.2) is 4.99 Å². The lowest BCUT2D eigenvalue weighted by Crippen LogP contribution is -2.40. The Labute approximate surface area is 165 Å². The predicted molar refractivity (Wildman–Crippen MR) is 108 cm³/mol. The third-order valence-electron chi connectivity index (χ3n) is 4.29. The quantitative estimate of drug-likeness (QED) is 0.367. The normalized spacial score (nSPS) is 15.0. The van der Waals surface area contributed by atoms with Crippen LogP contribution in [-0.4, -0.2) is 44.1 Å². The van der Waals surface area contributed by atoms with Crippen molar-refractivity contribution in [2.45, 2.75) is 19.4 Å². The van der Waals surface area contributed by atoms with Crippen LogP contribution in [0.3, 0.4) is 0 Å². The van der Waals surface area contributed by atoms with Gasteiger partial charge in [0.15, 0.2) is 17.5 Å². The topological polar surface area (TPSA) is 84.3 Å². The molecule has 0 saturated heterocycles. The van der Waals surface area contributed by atoms with E-state index in [-0.39, 0.29) is 13.3 Å². The maximum Gasteiger partial charge on any atom is 0.231 e. The fraction of sp³-hybridized carbons (Fsp3) is 0.381. The average molecular weight is 385 g/mol. The third-order valence-corrected chi connectivity index (χ3v) is 4.29. The van der Waals surface area contributed by atoms with Gasteiger partial charge in [-0.1, -0.05) is 30.3 Å². The highest BCUT2D eigenvalue weighted by molar-refractivity contribution is 5.79. The summed E-state index contributed by atoms with van der Waals surface area (Å²) in [5, 5.41) is 17.1. The Bertz CT molecular complexity index is 793. The molecule has 0 fully saturated rings. The molecule has 7 heteroatoms. The van der Waals surface area contributed by atoms with E-state index in [0.717, 1.165) is 23.6 Å². The van der Waals surface area contributed by atoms with E-state index in [0.29, 0.717) is 24.9 Å². The molecule has 0 aromatic heterocycles. The smallest absolute Gasteiger partial charge is 0.231 e. The van der Waals surface area contributed by atoms with Crippen LogP contribution < -0.4 is 24.8 Å². The van der Waals surface area contributed by atoms with Gasteiger partial charge in [-0.2, -0.15) is 0 Å². The molecule has 28 heavy (non-hydrogen) atoms. The van der Waals surface area contributed by atoms with Crippen molar-refractivity contribution in [2.24, 2.45) is 4.99 Å². The van der Waals surface area contributed by atoms with E-state index in [1.165, 1.54) is 0 Å². The first-order valence-corrected chi connectivity index (χ1v) is 9.41. The van der Waals surface area contributed by atoms with E-state index in [4.69, 9.17) is 14.2 Å². The lowest BCUT2D eigenvalue weighted by molar-refractivity contribution is 0.0672. The first-order valence-electron chi connectivity index (χ1n) is 9.41. The predicted octanol–water partition coefficient (Wildman–Crippen LogP) is 2.26. The Morgan fingerprint density at radius 3 is 2.71 bits per heavy atom. The molecule has 0 radical (unpaired) electrons. The highest BCUT2D eigenvalue weighted by Gasteiger charge is 2.22. The Hall–Kier alpha value is -2.93. The summed E-state index contributed by atoms with van der Waals surface area (Å²) in [5.41, 5.74) is -0.201. The van der Waals surface area contributed by atoms with Crippen molar-refractivity contribution in [3.05, 3.63) is 54.1 Å². The molecule has 0 saturated carbocycles. The van der Waals surface area contributed by atoms with Gasteiger partial charge in [-0.15, -0.1) is 0 Å². The van der Waals surface area contributed by atoms with Crippen LogP contribution in [0, 0.1) is 0 Å². The van der Waals surface area contributed by atoms with E-state index in [1.54, 1.807) is 6.92 Å². The summed E-state index contributed by atoms with van der Waals surface area (Å²) >= 11 is 0. The standard InChI is InChI=1S/C21H27N3O4/c1-3-22-20(24-14-21(2,25)16-7-5-4-6-8-16)23-11-12-26-17-9-10-18-19(13-17)28-15-27-18/h4-10,13,25H,3,11-12,14-15H2,1-2H3,(H2,22,23,24). The molecular formula is C21H27N3O4. The number of hydrogen-bond acceptors (Lipinski definition) is 5. The van der Waals surface area contributed by atoms with Crippen molar-refractivity contribution < 1.29 is 19.3 Å². The Morgan fingerprint density at radius 2 is 1.93 bits per heavy atom. The van der Waals surface area contributed by atoms with E-state index >= 15 is 0 Å². The second kappa shape index (κ2) is 9.32. The van der Waals surface area contributed by atoms with Crippen molar-refractivity contribution in [2.75, 3.05) is 33.0 Å². The second-order valence-corrected chi connectivity index (χ2v) is 6.63. The lowest BCUT2D eigenvalue weighted by Gasteiger charge is -2.22. The summed E-state index contributed by atoms with van der Waals surface area (Å²) in [6.45, 7) is 5.99. The van der Waals surface area contributed by atoms with E-state index < -0.39 is 5.60 Å². The van der Waals surface area contributed by atoms with Gasteiger partial charge in [-0.3, -0.25) is 0 Å². The van der Waals surface area contributed by atoms with Crippen LogP contribution in [0.1, 0.15) is 19.4 Å². The molecule has 3 N–H and O–H groups in total. The van der Waals surface area contributed by atoms with Crippen LogP contribution in [0.2, 0.25) is 0 Å². The van der Waals surface area contributed by atoms with Crippen molar-refractivity contribution in [3.63, 3.8) is 0 Å². The zero-order valence-corrected chi connectivity index (χ0v) is 16.3. The van der Waals surface area contributed by atoms with Gasteiger partial charge in [-0.05, 0) is 31.5 Å². The van der Waals surface area contributed by atoms with Gasteiger partial charge >= 0.3 is 0 Å². The molecule has 3 rings (SSSR count). The molecule has 2 aromatic carbocycles. The van der Waals surface area contributed by atoms with Gasteiger partial charge in [0.1, 0.15) is 18.0 Å². The molecule has 150 valence electrons. The molecule has 1 heterocycles. The first kappa shape index (κ1) is 19.8. The van der Waals surface area contributed by atoms with Crippen molar-refractivity contribution in [3.8, 4) is 17.2 Å². The van der Waals surface area contributed by atoms with E-state index in [2.05, 4.69) is 15.6 Å². The largest absolute Gasteiger partial charge is 0.492 e. The molecule has 0 bridgehead atoms. The maximum atomic E-state index is 10.7. The maximum absolute atomic E-state index is 10.7. The number of fused-ring (bicyclic) bond motifs is 1. The molecule has 1 atom stereocenters. The average Bonchev–Trinajstić information content (AvgIpc) is 3.18. The summed E-state index contributed by atoms with van der Waals surface area (Å²) in [7, 11) is 0. The summed E-state index contributed by atoms with van der Waals surface area (Å²) in [5.74, 6) is 2.79. The molecule has 0 spiro atoms. The van der Waals surface area contributed by atoms with Crippen LogP contribution in [0.4, 0.5) is 0 Å². The molecule has 1 aliphatic rings. The lowest BCUT2D eigenvalue weighted by atomic mass is 9.96. The van der Waals surface area contributed by atoms with Crippen molar-refractivity contribution >= 4 is 5.96 Å². The number of rotatable bonds is 8. The number of nitrogens with one attached hydrogen (secondary N) is 2. The molecule has 7 nitrogen and oxygen atoms in total. The van der Waals surface area contributed by atoms with Gasteiger partial charge in [0.25, 0.3) is 0 Å². The van der Waals surface area contributed by atoms with Crippen LogP contribution in [0.5, 0.6) is 17.2 Å². The summed E-state index contributed by atoms with van der Waals surface area (Å²) < 4.78 is 16.4. The number of hydrogen-bond donors (Lipinski definition) is 3. The van der Waals surface area contributed by atoms with E-state index in [1.807, 2.05) is 55.5 Å². The summed E-state index contributed by atoms with van der Waals surface area (Å²) in [4.78, 5) is 4.51. The number of aliphatic imine (C=N–C) groups is 1. The van der Waals surface area contributed by atoms with Gasteiger partial charge < -0.3 is 30.0 Å². The zero-order valence-electron chi connectivity index (χ0n) is 16.3. The van der Waals surface area contributed by atoms with Gasteiger partial charge in [0.05, 0.1) is 13.1 Å². The van der Waals surface area contributed by atoms with Gasteiger partial charge in [0.2, 0.25) is 6.79 Å².